The van der Waals surface area contributed by atoms with Crippen LogP contribution >= 0.6 is 35.6 Å². The molecule has 1 fully saturated rings. The summed E-state index contributed by atoms with van der Waals surface area (Å²) in [5.74, 6) is 0.659. The zero-order valence-corrected chi connectivity index (χ0v) is 20.0. The van der Waals surface area contributed by atoms with Crippen molar-refractivity contribution in [3.05, 3.63) is 29.3 Å². The Morgan fingerprint density at radius 3 is 2.70 bits per heavy atom. The molecule has 1 aliphatic rings. The summed E-state index contributed by atoms with van der Waals surface area (Å²) < 4.78 is 25.5. The molecule has 10 heteroatoms. The molecule has 0 aromatic heterocycles. The monoisotopic (exact) mass is 529 g/mol. The van der Waals surface area contributed by atoms with Crippen molar-refractivity contribution in [2.45, 2.75) is 31.8 Å². The van der Waals surface area contributed by atoms with E-state index in [4.69, 9.17) is 11.6 Å². The van der Waals surface area contributed by atoms with Gasteiger partial charge in [0.2, 0.25) is 10.0 Å². The molecule has 0 aliphatic carbocycles. The van der Waals surface area contributed by atoms with Gasteiger partial charge in [0, 0.05) is 49.0 Å². The molecule has 7 nitrogen and oxygen atoms in total. The summed E-state index contributed by atoms with van der Waals surface area (Å²) in [6, 6.07) is 8.10. The number of guanidine groups is 1. The minimum atomic E-state index is -3.27. The van der Waals surface area contributed by atoms with Crippen LogP contribution in [-0.2, 0) is 10.0 Å². The first kappa shape index (κ1) is 24.3. The van der Waals surface area contributed by atoms with Gasteiger partial charge in [-0.3, -0.25) is 4.99 Å². The molecule has 1 heterocycles. The van der Waals surface area contributed by atoms with Crippen molar-refractivity contribution in [1.29, 1.82) is 0 Å². The fourth-order valence-electron chi connectivity index (χ4n) is 3.02. The largest absolute Gasteiger partial charge is 0.369 e. The predicted octanol–water partition coefficient (Wildman–Crippen LogP) is 2.03. The molecule has 1 aromatic rings. The summed E-state index contributed by atoms with van der Waals surface area (Å²) in [6.45, 7) is 5.86. The van der Waals surface area contributed by atoms with Gasteiger partial charge in [-0.05, 0) is 38.5 Å². The van der Waals surface area contributed by atoms with Crippen molar-refractivity contribution in [1.82, 2.24) is 15.4 Å². The molecular weight excluding hydrogens is 501 g/mol. The Bertz CT molecular complexity index is 757. The molecule has 27 heavy (non-hydrogen) atoms. The van der Waals surface area contributed by atoms with E-state index in [9.17, 15) is 8.42 Å². The summed E-state index contributed by atoms with van der Waals surface area (Å²) >= 11 is 6.08. The quantitative estimate of drug-likeness (QED) is 0.298. The van der Waals surface area contributed by atoms with E-state index >= 15 is 0 Å². The van der Waals surface area contributed by atoms with E-state index < -0.39 is 15.6 Å². The molecule has 1 unspecified atom stereocenters. The van der Waals surface area contributed by atoms with Gasteiger partial charge in [0.25, 0.3) is 0 Å². The Kier molecular flexibility index (Phi) is 9.10. The highest BCUT2D eigenvalue weighted by Gasteiger charge is 2.25. The average Bonchev–Trinajstić information content (AvgIpc) is 2.97. The predicted molar refractivity (Wildman–Crippen MR) is 124 cm³/mol. The number of benzene rings is 1. The molecule has 0 bridgehead atoms. The SMILES string of the molecule is CN=C(NCC(C)(C)NS(C)(=O)=O)NC1CCN(c2cccc(Cl)c2)C1.I. The summed E-state index contributed by atoms with van der Waals surface area (Å²) in [5.41, 5.74) is 0.497. The number of nitrogens with one attached hydrogen (secondary N) is 3. The van der Waals surface area contributed by atoms with Crippen molar-refractivity contribution < 1.29 is 8.42 Å². The maximum atomic E-state index is 11.4. The van der Waals surface area contributed by atoms with Gasteiger partial charge in [-0.25, -0.2) is 13.1 Å². The van der Waals surface area contributed by atoms with Gasteiger partial charge >= 0.3 is 0 Å². The van der Waals surface area contributed by atoms with Gasteiger partial charge in [-0.2, -0.15) is 0 Å². The molecule has 0 amide bonds. The molecule has 154 valence electrons. The molecule has 0 radical (unpaired) electrons. The molecule has 0 spiro atoms. The Morgan fingerprint density at radius 1 is 1.41 bits per heavy atom. The highest BCUT2D eigenvalue weighted by Crippen LogP contribution is 2.23. The second-order valence-corrected chi connectivity index (χ2v) is 9.42. The van der Waals surface area contributed by atoms with Crippen LogP contribution in [0.2, 0.25) is 5.02 Å². The van der Waals surface area contributed by atoms with Crippen molar-refractivity contribution in [3.63, 3.8) is 0 Å². The molecule has 1 aliphatic heterocycles. The number of hydrogen-bond donors (Lipinski definition) is 3. The second kappa shape index (κ2) is 10.1. The van der Waals surface area contributed by atoms with Crippen molar-refractivity contribution in [2.75, 3.05) is 37.8 Å². The van der Waals surface area contributed by atoms with E-state index in [-0.39, 0.29) is 30.0 Å². The lowest BCUT2D eigenvalue weighted by atomic mass is 10.1. The van der Waals surface area contributed by atoms with Gasteiger partial charge in [0.05, 0.1) is 6.26 Å². The summed E-state index contributed by atoms with van der Waals surface area (Å²) in [6.07, 6.45) is 2.14. The van der Waals surface area contributed by atoms with Crippen molar-refractivity contribution >= 4 is 57.2 Å². The fraction of sp³-hybridized carbons (Fsp3) is 0.588. The standard InChI is InChI=1S/C17H28ClN5O2S.HI/c1-17(2,22-26(4,24)25)12-20-16(19-3)21-14-8-9-23(11-14)15-7-5-6-13(18)10-15;/h5-7,10,14,22H,8-9,11-12H2,1-4H3,(H2,19,20,21);1H. The van der Waals surface area contributed by atoms with E-state index in [0.29, 0.717) is 12.5 Å². The van der Waals surface area contributed by atoms with Crippen molar-refractivity contribution in [3.8, 4) is 0 Å². The van der Waals surface area contributed by atoms with Crippen LogP contribution in [0.5, 0.6) is 0 Å². The third-order valence-electron chi connectivity index (χ3n) is 4.09. The Balaban J connectivity index is 0.00000364. The molecule has 1 saturated heterocycles. The van der Waals surface area contributed by atoms with Gasteiger partial charge in [-0.1, -0.05) is 17.7 Å². The number of nitrogens with zero attached hydrogens (tertiary/aromatic N) is 2. The summed E-state index contributed by atoms with van der Waals surface area (Å²) in [5, 5.41) is 7.33. The molecule has 2 rings (SSSR count). The van der Waals surface area contributed by atoms with Gasteiger partial charge in [-0.15, -0.1) is 24.0 Å². The van der Waals surface area contributed by atoms with Crippen LogP contribution in [0, 0.1) is 0 Å². The van der Waals surface area contributed by atoms with Crippen LogP contribution in [0.15, 0.2) is 29.3 Å². The van der Waals surface area contributed by atoms with E-state index in [1.807, 2.05) is 32.0 Å². The maximum Gasteiger partial charge on any atom is 0.209 e. The summed E-state index contributed by atoms with van der Waals surface area (Å²) in [7, 11) is -1.56. The number of rotatable bonds is 6. The highest BCUT2D eigenvalue weighted by molar-refractivity contribution is 14.0. The number of anilines is 1. The highest BCUT2D eigenvalue weighted by atomic mass is 127. The van der Waals surface area contributed by atoms with Gasteiger partial charge < -0.3 is 15.5 Å². The smallest absolute Gasteiger partial charge is 0.209 e. The fourth-order valence-corrected chi connectivity index (χ4v) is 4.28. The lowest BCUT2D eigenvalue weighted by Gasteiger charge is -2.27. The topological polar surface area (TPSA) is 85.8 Å². The first-order valence-electron chi connectivity index (χ1n) is 8.55. The average molecular weight is 530 g/mol. The number of sulfonamides is 1. The summed E-state index contributed by atoms with van der Waals surface area (Å²) in [4.78, 5) is 6.52. The number of halogens is 2. The van der Waals surface area contributed by atoms with E-state index in [1.54, 1.807) is 7.05 Å². The van der Waals surface area contributed by atoms with Crippen LogP contribution in [0.1, 0.15) is 20.3 Å². The lowest BCUT2D eigenvalue weighted by Crippen LogP contribution is -2.54. The molecule has 0 saturated carbocycles. The molecular formula is C17H29ClIN5O2S. The Labute approximate surface area is 184 Å². The first-order valence-corrected chi connectivity index (χ1v) is 10.8. The van der Waals surface area contributed by atoms with Gasteiger partial charge in [0.1, 0.15) is 0 Å². The zero-order valence-electron chi connectivity index (χ0n) is 16.1. The van der Waals surface area contributed by atoms with E-state index in [1.165, 1.54) is 0 Å². The Hall–Kier alpha value is -0.780. The third-order valence-corrected chi connectivity index (χ3v) is 5.24. The number of hydrogen-bond acceptors (Lipinski definition) is 4. The van der Waals surface area contributed by atoms with Crippen LogP contribution in [0.4, 0.5) is 5.69 Å². The molecule has 1 atom stereocenters. The minimum Gasteiger partial charge on any atom is -0.369 e. The van der Waals surface area contributed by atoms with Crippen LogP contribution < -0.4 is 20.3 Å². The maximum absolute atomic E-state index is 11.4. The lowest BCUT2D eigenvalue weighted by molar-refractivity contribution is 0.445. The van der Waals surface area contributed by atoms with Crippen LogP contribution in [-0.4, -0.2) is 58.9 Å². The van der Waals surface area contributed by atoms with Crippen LogP contribution in [0.3, 0.4) is 0 Å². The molecule has 1 aromatic carbocycles. The number of aliphatic imine (C=N–C) groups is 1. The second-order valence-electron chi connectivity index (χ2n) is 7.24. The third kappa shape index (κ3) is 8.41. The van der Waals surface area contributed by atoms with E-state index in [0.717, 1.165) is 36.5 Å². The minimum absolute atomic E-state index is 0. The van der Waals surface area contributed by atoms with Crippen molar-refractivity contribution in [2.24, 2.45) is 4.99 Å². The zero-order chi connectivity index (χ0) is 19.4. The van der Waals surface area contributed by atoms with Gasteiger partial charge in [0.15, 0.2) is 5.96 Å². The van der Waals surface area contributed by atoms with Crippen LogP contribution in [0.25, 0.3) is 0 Å². The Morgan fingerprint density at radius 2 is 2.11 bits per heavy atom. The first-order chi connectivity index (χ1) is 12.1. The normalized spacial score (nSPS) is 18.2. The van der Waals surface area contributed by atoms with E-state index in [2.05, 4.69) is 31.3 Å². The molecule has 3 N–H and O–H groups in total.